The molecule has 0 heterocycles. The molecule has 1 aliphatic rings. The molecule has 24 heavy (non-hydrogen) atoms. The van der Waals surface area contributed by atoms with E-state index in [1.165, 1.54) is 11.1 Å². The highest BCUT2D eigenvalue weighted by Crippen LogP contribution is 2.48. The second kappa shape index (κ2) is 7.34. The molecule has 0 radical (unpaired) electrons. The zero-order valence-electron chi connectivity index (χ0n) is 14.9. The molecule has 0 saturated heterocycles. The first-order valence-electron chi connectivity index (χ1n) is 9.27. The van der Waals surface area contributed by atoms with Gasteiger partial charge >= 0.3 is 0 Å². The normalized spacial score (nSPS) is 27.2. The summed E-state index contributed by atoms with van der Waals surface area (Å²) in [5, 5.41) is 0. The van der Waals surface area contributed by atoms with Crippen LogP contribution >= 0.6 is 0 Å². The van der Waals surface area contributed by atoms with Crippen LogP contribution in [0.5, 0.6) is 0 Å². The summed E-state index contributed by atoms with van der Waals surface area (Å²) in [6, 6.07) is 21.4. The predicted molar refractivity (Wildman–Crippen MR) is 100 cm³/mol. The van der Waals surface area contributed by atoms with Crippen LogP contribution in [-0.4, -0.2) is 5.78 Å². The van der Waals surface area contributed by atoms with Crippen molar-refractivity contribution in [1.29, 1.82) is 0 Å². The Kier molecular flexibility index (Phi) is 5.18. The number of carbonyl (C=O) groups is 1. The Hall–Kier alpha value is -1.89. The fourth-order valence-corrected chi connectivity index (χ4v) is 4.55. The molecule has 0 amide bonds. The molecule has 0 bridgehead atoms. The molecular formula is C23H28O. The summed E-state index contributed by atoms with van der Waals surface area (Å²) < 4.78 is 0. The van der Waals surface area contributed by atoms with Crippen molar-refractivity contribution in [2.45, 2.75) is 51.4 Å². The largest absolute Gasteiger partial charge is 0.299 e. The zero-order valence-corrected chi connectivity index (χ0v) is 14.9. The van der Waals surface area contributed by atoms with Crippen molar-refractivity contribution in [3.63, 3.8) is 0 Å². The van der Waals surface area contributed by atoms with Crippen LogP contribution in [0.4, 0.5) is 0 Å². The fraction of sp³-hybridized carbons (Fsp3) is 0.435. The standard InChI is InChI=1S/C23H28O/c1-3-10-21-20(17-18-11-6-4-7-12-18)22(24)15-16-23(21,2)19-13-8-5-9-14-19/h4-9,11-14,20-21H,3,10,15-17H2,1-2H3/t20?,21-,23?/m0/s1. The second-order valence-corrected chi connectivity index (χ2v) is 7.44. The van der Waals surface area contributed by atoms with E-state index in [1.54, 1.807) is 0 Å². The Morgan fingerprint density at radius 1 is 1.00 bits per heavy atom. The maximum Gasteiger partial charge on any atom is 0.136 e. The molecule has 3 rings (SSSR count). The predicted octanol–water partition coefficient (Wildman–Crippen LogP) is 5.58. The molecule has 126 valence electrons. The molecule has 3 atom stereocenters. The molecule has 2 aromatic carbocycles. The minimum absolute atomic E-state index is 0.102. The maximum atomic E-state index is 12.8. The number of hydrogen-bond acceptors (Lipinski definition) is 1. The lowest BCUT2D eigenvalue weighted by atomic mass is 9.57. The Morgan fingerprint density at radius 2 is 1.62 bits per heavy atom. The minimum Gasteiger partial charge on any atom is -0.299 e. The summed E-state index contributed by atoms with van der Waals surface area (Å²) in [5.74, 6) is 1.03. The monoisotopic (exact) mass is 320 g/mol. The Bertz CT molecular complexity index is 661. The van der Waals surface area contributed by atoms with E-state index in [-0.39, 0.29) is 11.3 Å². The van der Waals surface area contributed by atoms with E-state index in [4.69, 9.17) is 0 Å². The van der Waals surface area contributed by atoms with Crippen LogP contribution < -0.4 is 0 Å². The Labute approximate surface area is 146 Å². The van der Waals surface area contributed by atoms with Crippen molar-refractivity contribution < 1.29 is 4.79 Å². The van der Waals surface area contributed by atoms with Crippen LogP contribution in [0.25, 0.3) is 0 Å². The topological polar surface area (TPSA) is 17.1 Å². The third-order valence-corrected chi connectivity index (χ3v) is 5.94. The van der Waals surface area contributed by atoms with Crippen LogP contribution in [0.15, 0.2) is 60.7 Å². The smallest absolute Gasteiger partial charge is 0.136 e. The van der Waals surface area contributed by atoms with E-state index in [1.807, 2.05) is 6.07 Å². The number of ketones is 1. The fourth-order valence-electron chi connectivity index (χ4n) is 4.55. The van der Waals surface area contributed by atoms with Gasteiger partial charge in [0.25, 0.3) is 0 Å². The van der Waals surface area contributed by atoms with E-state index in [2.05, 4.69) is 68.4 Å². The molecule has 1 saturated carbocycles. The molecular weight excluding hydrogens is 292 g/mol. The molecule has 2 aromatic rings. The van der Waals surface area contributed by atoms with Gasteiger partial charge in [-0.1, -0.05) is 80.9 Å². The maximum absolute atomic E-state index is 12.8. The van der Waals surface area contributed by atoms with E-state index in [9.17, 15) is 4.79 Å². The number of benzene rings is 2. The van der Waals surface area contributed by atoms with Crippen molar-refractivity contribution in [1.82, 2.24) is 0 Å². The van der Waals surface area contributed by atoms with Gasteiger partial charge in [-0.05, 0) is 41.7 Å². The Morgan fingerprint density at radius 3 is 2.25 bits per heavy atom. The van der Waals surface area contributed by atoms with Gasteiger partial charge in [-0.3, -0.25) is 4.79 Å². The van der Waals surface area contributed by atoms with Crippen LogP contribution in [0.3, 0.4) is 0 Å². The van der Waals surface area contributed by atoms with Gasteiger partial charge in [0.1, 0.15) is 5.78 Å². The summed E-state index contributed by atoms with van der Waals surface area (Å²) in [5.41, 5.74) is 2.79. The Balaban J connectivity index is 1.95. The summed E-state index contributed by atoms with van der Waals surface area (Å²) in [7, 11) is 0. The van der Waals surface area contributed by atoms with Crippen LogP contribution in [0.2, 0.25) is 0 Å². The molecule has 0 aliphatic heterocycles. The summed E-state index contributed by atoms with van der Waals surface area (Å²) in [6.07, 6.45) is 4.82. The van der Waals surface area contributed by atoms with Gasteiger partial charge in [-0.15, -0.1) is 0 Å². The van der Waals surface area contributed by atoms with Gasteiger partial charge in [0.15, 0.2) is 0 Å². The first-order chi connectivity index (χ1) is 11.6. The van der Waals surface area contributed by atoms with E-state index < -0.39 is 0 Å². The molecule has 1 nitrogen and oxygen atoms in total. The lowest BCUT2D eigenvalue weighted by molar-refractivity contribution is -0.129. The van der Waals surface area contributed by atoms with E-state index >= 15 is 0 Å². The van der Waals surface area contributed by atoms with Crippen LogP contribution in [-0.2, 0) is 16.6 Å². The van der Waals surface area contributed by atoms with Gasteiger partial charge < -0.3 is 0 Å². The van der Waals surface area contributed by atoms with Gasteiger partial charge in [0.2, 0.25) is 0 Å². The third-order valence-electron chi connectivity index (χ3n) is 5.94. The lowest BCUT2D eigenvalue weighted by Gasteiger charge is -2.46. The second-order valence-electron chi connectivity index (χ2n) is 7.44. The summed E-state index contributed by atoms with van der Waals surface area (Å²) in [4.78, 5) is 12.8. The van der Waals surface area contributed by atoms with Crippen LogP contribution in [0, 0.1) is 11.8 Å². The van der Waals surface area contributed by atoms with Gasteiger partial charge in [-0.2, -0.15) is 0 Å². The van der Waals surface area contributed by atoms with Crippen molar-refractivity contribution in [3.8, 4) is 0 Å². The number of Topliss-reactive ketones (excluding diaryl/α,β-unsaturated/α-hetero) is 1. The third kappa shape index (κ3) is 3.31. The number of hydrogen-bond donors (Lipinski definition) is 0. The highest BCUT2D eigenvalue weighted by atomic mass is 16.1. The number of carbonyl (C=O) groups excluding carboxylic acids is 1. The van der Waals surface area contributed by atoms with Crippen molar-refractivity contribution in [2.24, 2.45) is 11.8 Å². The quantitative estimate of drug-likeness (QED) is 0.702. The molecule has 1 fully saturated rings. The molecule has 1 aliphatic carbocycles. The molecule has 0 N–H and O–H groups in total. The molecule has 0 spiro atoms. The van der Waals surface area contributed by atoms with Crippen molar-refractivity contribution >= 4 is 5.78 Å². The van der Waals surface area contributed by atoms with E-state index in [0.29, 0.717) is 18.1 Å². The van der Waals surface area contributed by atoms with E-state index in [0.717, 1.165) is 25.7 Å². The minimum atomic E-state index is 0.102. The van der Waals surface area contributed by atoms with Gasteiger partial charge in [0.05, 0.1) is 0 Å². The average molecular weight is 320 g/mol. The summed E-state index contributed by atoms with van der Waals surface area (Å²) >= 11 is 0. The molecule has 1 heteroatoms. The molecule has 2 unspecified atom stereocenters. The molecule has 0 aromatic heterocycles. The van der Waals surface area contributed by atoms with Gasteiger partial charge in [0, 0.05) is 12.3 Å². The highest BCUT2D eigenvalue weighted by Gasteiger charge is 2.46. The first-order valence-corrected chi connectivity index (χ1v) is 9.27. The van der Waals surface area contributed by atoms with Crippen molar-refractivity contribution in [2.75, 3.05) is 0 Å². The zero-order chi connectivity index (χ0) is 17.0. The SMILES string of the molecule is CCC[C@H]1C(Cc2ccccc2)C(=O)CCC1(C)c1ccccc1. The lowest BCUT2D eigenvalue weighted by Crippen LogP contribution is -2.45. The summed E-state index contributed by atoms with van der Waals surface area (Å²) in [6.45, 7) is 4.62. The van der Waals surface area contributed by atoms with Crippen molar-refractivity contribution in [3.05, 3.63) is 71.8 Å². The van der Waals surface area contributed by atoms with Crippen LogP contribution in [0.1, 0.15) is 50.7 Å². The number of rotatable bonds is 5. The average Bonchev–Trinajstić information content (AvgIpc) is 2.63. The first kappa shape index (κ1) is 17.0. The van der Waals surface area contributed by atoms with Gasteiger partial charge in [-0.25, -0.2) is 0 Å². The highest BCUT2D eigenvalue weighted by molar-refractivity contribution is 5.83.